The van der Waals surface area contributed by atoms with Crippen molar-refractivity contribution in [1.82, 2.24) is 0 Å². The van der Waals surface area contributed by atoms with Gasteiger partial charge in [0.1, 0.15) is 5.82 Å². The topological polar surface area (TPSA) is 49.3 Å². The highest BCUT2D eigenvalue weighted by molar-refractivity contribution is 5.91. The van der Waals surface area contributed by atoms with Crippen molar-refractivity contribution in [2.45, 2.75) is 19.4 Å². The van der Waals surface area contributed by atoms with Crippen molar-refractivity contribution in [3.8, 4) is 0 Å². The Morgan fingerprint density at radius 3 is 2.70 bits per heavy atom. The van der Waals surface area contributed by atoms with Crippen LogP contribution in [0.2, 0.25) is 0 Å². The minimum Gasteiger partial charge on any atom is -0.388 e. The van der Waals surface area contributed by atoms with Gasteiger partial charge in [0.25, 0.3) is 0 Å². The van der Waals surface area contributed by atoms with E-state index in [0.29, 0.717) is 11.3 Å². The number of halogens is 1. The number of hydrogen-bond acceptors (Lipinski definition) is 2. The van der Waals surface area contributed by atoms with Crippen molar-refractivity contribution in [2.24, 2.45) is 0 Å². The molecule has 0 aromatic heterocycles. The number of benzene rings is 2. The second kappa shape index (κ2) is 6.30. The molecule has 0 heterocycles. The van der Waals surface area contributed by atoms with E-state index in [1.807, 2.05) is 25.1 Å². The zero-order valence-corrected chi connectivity index (χ0v) is 11.1. The molecule has 104 valence electrons. The molecule has 1 amide bonds. The number of para-hydroxylation sites is 1. The molecule has 20 heavy (non-hydrogen) atoms. The lowest BCUT2D eigenvalue weighted by Gasteiger charge is -2.12. The predicted octanol–water partition coefficient (Wildman–Crippen LogP) is 3.20. The fourth-order valence-corrected chi connectivity index (χ4v) is 1.92. The molecule has 0 aliphatic rings. The summed E-state index contributed by atoms with van der Waals surface area (Å²) < 4.78 is 13.1. The van der Waals surface area contributed by atoms with Gasteiger partial charge >= 0.3 is 0 Å². The van der Waals surface area contributed by atoms with E-state index in [0.717, 1.165) is 5.56 Å². The molecule has 0 radical (unpaired) electrons. The first-order valence-corrected chi connectivity index (χ1v) is 6.35. The van der Waals surface area contributed by atoms with Gasteiger partial charge in [0, 0.05) is 5.69 Å². The number of aryl methyl sites for hydroxylation is 1. The Balaban J connectivity index is 2.00. The summed E-state index contributed by atoms with van der Waals surface area (Å²) in [5.41, 5.74) is 2.05. The summed E-state index contributed by atoms with van der Waals surface area (Å²) in [5.74, 6) is -0.739. The van der Waals surface area contributed by atoms with Gasteiger partial charge in [-0.05, 0) is 36.2 Å². The predicted molar refractivity (Wildman–Crippen MR) is 75.8 cm³/mol. The van der Waals surface area contributed by atoms with Crippen molar-refractivity contribution < 1.29 is 14.3 Å². The van der Waals surface area contributed by atoms with Crippen LogP contribution in [-0.2, 0) is 4.79 Å². The number of hydrogen-bond donors (Lipinski definition) is 2. The van der Waals surface area contributed by atoms with Crippen molar-refractivity contribution >= 4 is 11.6 Å². The van der Waals surface area contributed by atoms with Crippen molar-refractivity contribution in [1.29, 1.82) is 0 Å². The number of nitrogens with one attached hydrogen (secondary N) is 1. The van der Waals surface area contributed by atoms with Crippen molar-refractivity contribution in [3.05, 3.63) is 65.5 Å². The van der Waals surface area contributed by atoms with E-state index in [9.17, 15) is 14.3 Å². The fraction of sp³-hybridized carbons (Fsp3) is 0.188. The first kappa shape index (κ1) is 14.2. The molecule has 2 rings (SSSR count). The van der Waals surface area contributed by atoms with Crippen LogP contribution in [0.4, 0.5) is 10.1 Å². The van der Waals surface area contributed by atoms with Gasteiger partial charge in [-0.1, -0.05) is 30.3 Å². The molecule has 0 fully saturated rings. The van der Waals surface area contributed by atoms with Crippen LogP contribution in [0.1, 0.15) is 23.7 Å². The Kier molecular flexibility index (Phi) is 4.48. The van der Waals surface area contributed by atoms with Crippen LogP contribution in [0.3, 0.4) is 0 Å². The fourth-order valence-electron chi connectivity index (χ4n) is 1.92. The highest BCUT2D eigenvalue weighted by atomic mass is 19.1. The molecular weight excluding hydrogens is 257 g/mol. The van der Waals surface area contributed by atoms with E-state index < -0.39 is 11.9 Å². The van der Waals surface area contributed by atoms with E-state index in [4.69, 9.17) is 0 Å². The number of amides is 1. The maximum Gasteiger partial charge on any atom is 0.227 e. The van der Waals surface area contributed by atoms with Crippen LogP contribution in [0, 0.1) is 12.7 Å². The summed E-state index contributed by atoms with van der Waals surface area (Å²) in [6.45, 7) is 1.89. The largest absolute Gasteiger partial charge is 0.388 e. The van der Waals surface area contributed by atoms with Crippen LogP contribution >= 0.6 is 0 Å². The first-order valence-electron chi connectivity index (χ1n) is 6.35. The average molecular weight is 273 g/mol. The SMILES string of the molecule is Cc1ccccc1NC(=O)CC(O)c1cccc(F)c1. The molecule has 3 nitrogen and oxygen atoms in total. The Labute approximate surface area is 117 Å². The van der Waals surface area contributed by atoms with Gasteiger partial charge < -0.3 is 10.4 Å². The zero-order valence-electron chi connectivity index (χ0n) is 11.1. The highest BCUT2D eigenvalue weighted by Gasteiger charge is 2.14. The molecule has 2 aromatic carbocycles. The first-order chi connectivity index (χ1) is 9.56. The van der Waals surface area contributed by atoms with Crippen LogP contribution < -0.4 is 5.32 Å². The standard InChI is InChI=1S/C16H16FNO2/c1-11-5-2-3-8-14(11)18-16(20)10-15(19)12-6-4-7-13(17)9-12/h2-9,15,19H,10H2,1H3,(H,18,20). The van der Waals surface area contributed by atoms with Gasteiger partial charge in [0.15, 0.2) is 0 Å². The number of rotatable bonds is 4. The van der Waals surface area contributed by atoms with Gasteiger partial charge in [-0.15, -0.1) is 0 Å². The molecule has 2 N–H and O–H groups in total. The molecule has 4 heteroatoms. The summed E-state index contributed by atoms with van der Waals surface area (Å²) in [6, 6.07) is 13.0. The summed E-state index contributed by atoms with van der Waals surface area (Å²) in [6.07, 6.45) is -1.13. The summed E-state index contributed by atoms with van der Waals surface area (Å²) in [5, 5.41) is 12.7. The lowest BCUT2D eigenvalue weighted by molar-refractivity contribution is -0.118. The van der Waals surface area contributed by atoms with Crippen LogP contribution in [-0.4, -0.2) is 11.0 Å². The number of aliphatic hydroxyl groups excluding tert-OH is 1. The number of anilines is 1. The van der Waals surface area contributed by atoms with Gasteiger partial charge in [0.2, 0.25) is 5.91 Å². The molecule has 0 saturated carbocycles. The van der Waals surface area contributed by atoms with E-state index in [1.165, 1.54) is 18.2 Å². The van der Waals surface area contributed by atoms with Crippen LogP contribution in [0.5, 0.6) is 0 Å². The molecule has 0 bridgehead atoms. The Bertz CT molecular complexity index is 613. The van der Waals surface area contributed by atoms with Gasteiger partial charge in [-0.3, -0.25) is 4.79 Å². The molecular formula is C16H16FNO2. The molecule has 0 aliphatic heterocycles. The smallest absolute Gasteiger partial charge is 0.227 e. The lowest BCUT2D eigenvalue weighted by atomic mass is 10.1. The van der Waals surface area contributed by atoms with Crippen molar-refractivity contribution in [2.75, 3.05) is 5.32 Å². The van der Waals surface area contributed by atoms with E-state index in [2.05, 4.69) is 5.32 Å². The molecule has 2 aromatic rings. The quantitative estimate of drug-likeness (QED) is 0.898. The van der Waals surface area contributed by atoms with Gasteiger partial charge in [-0.25, -0.2) is 4.39 Å². The number of aliphatic hydroxyl groups is 1. The normalized spacial score (nSPS) is 11.9. The second-order valence-electron chi connectivity index (χ2n) is 4.64. The minimum atomic E-state index is -1.02. The van der Waals surface area contributed by atoms with E-state index in [-0.39, 0.29) is 12.3 Å². The number of carbonyl (C=O) groups is 1. The van der Waals surface area contributed by atoms with Crippen LogP contribution in [0.15, 0.2) is 48.5 Å². The third-order valence-electron chi connectivity index (χ3n) is 3.03. The average Bonchev–Trinajstić information content (AvgIpc) is 2.41. The Morgan fingerprint density at radius 2 is 2.00 bits per heavy atom. The summed E-state index contributed by atoms with van der Waals surface area (Å²) >= 11 is 0. The van der Waals surface area contributed by atoms with Gasteiger partial charge in [0.05, 0.1) is 12.5 Å². The maximum atomic E-state index is 13.1. The minimum absolute atomic E-state index is 0.113. The Hall–Kier alpha value is -2.20. The molecule has 1 atom stereocenters. The van der Waals surface area contributed by atoms with E-state index >= 15 is 0 Å². The van der Waals surface area contributed by atoms with E-state index in [1.54, 1.807) is 12.1 Å². The summed E-state index contributed by atoms with van der Waals surface area (Å²) in [4.78, 5) is 11.9. The third kappa shape index (κ3) is 3.65. The third-order valence-corrected chi connectivity index (χ3v) is 3.03. The molecule has 0 spiro atoms. The second-order valence-corrected chi connectivity index (χ2v) is 4.64. The molecule has 0 saturated heterocycles. The van der Waals surface area contributed by atoms with Crippen LogP contribution in [0.25, 0.3) is 0 Å². The molecule has 0 aliphatic carbocycles. The summed E-state index contributed by atoms with van der Waals surface area (Å²) in [7, 11) is 0. The molecule has 1 unspecified atom stereocenters. The van der Waals surface area contributed by atoms with Gasteiger partial charge in [-0.2, -0.15) is 0 Å². The number of carbonyl (C=O) groups excluding carboxylic acids is 1. The lowest BCUT2D eigenvalue weighted by Crippen LogP contribution is -2.16. The van der Waals surface area contributed by atoms with Crippen molar-refractivity contribution in [3.63, 3.8) is 0 Å². The monoisotopic (exact) mass is 273 g/mol. The zero-order chi connectivity index (χ0) is 14.5. The highest BCUT2D eigenvalue weighted by Crippen LogP contribution is 2.19. The Morgan fingerprint density at radius 1 is 1.25 bits per heavy atom. The maximum absolute atomic E-state index is 13.1.